The molecule has 0 spiro atoms. The van der Waals surface area contributed by atoms with Crippen LogP contribution in [-0.2, 0) is 0 Å². The van der Waals surface area contributed by atoms with Crippen LogP contribution in [0.1, 0.15) is 33.1 Å². The Kier molecular flexibility index (Phi) is 10.2. The molecule has 2 heteroatoms. The Hall–Kier alpha value is -0.520. The molecule has 0 radical (unpaired) electrons. The second kappa shape index (κ2) is 10.6. The Morgan fingerprint density at radius 1 is 1.21 bits per heavy atom. The van der Waals surface area contributed by atoms with E-state index in [-0.39, 0.29) is 0 Å². The van der Waals surface area contributed by atoms with Gasteiger partial charge < -0.3 is 5.32 Å². The molecule has 14 heavy (non-hydrogen) atoms. The first kappa shape index (κ1) is 13.5. The molecule has 0 saturated heterocycles. The third-order valence-electron chi connectivity index (χ3n) is 2.34. The summed E-state index contributed by atoms with van der Waals surface area (Å²) in [5, 5.41) is 3.33. The summed E-state index contributed by atoms with van der Waals surface area (Å²) in [6.45, 7) is 9.55. The van der Waals surface area contributed by atoms with Crippen LogP contribution in [0.3, 0.4) is 0 Å². The van der Waals surface area contributed by atoms with Crippen LogP contribution in [-0.4, -0.2) is 37.6 Å². The van der Waals surface area contributed by atoms with Gasteiger partial charge in [0.2, 0.25) is 0 Å². The fraction of sp³-hybridized carbons (Fsp3) is 0.833. The minimum atomic E-state index is 0.795. The van der Waals surface area contributed by atoms with Crippen LogP contribution in [0.15, 0.2) is 0 Å². The van der Waals surface area contributed by atoms with Gasteiger partial charge in [-0.3, -0.25) is 4.90 Å². The zero-order valence-electron chi connectivity index (χ0n) is 9.68. The van der Waals surface area contributed by atoms with E-state index in [2.05, 4.69) is 30.0 Å². The summed E-state index contributed by atoms with van der Waals surface area (Å²) >= 11 is 0. The van der Waals surface area contributed by atoms with Gasteiger partial charge >= 0.3 is 0 Å². The first-order valence-electron chi connectivity index (χ1n) is 5.71. The Bertz CT molecular complexity index is 149. The third-order valence-corrected chi connectivity index (χ3v) is 2.34. The molecule has 0 bridgehead atoms. The van der Waals surface area contributed by atoms with E-state index in [1.165, 1.54) is 19.3 Å². The normalized spacial score (nSPS) is 10.4. The van der Waals surface area contributed by atoms with Crippen molar-refractivity contribution in [3.63, 3.8) is 0 Å². The van der Waals surface area contributed by atoms with Gasteiger partial charge in [0.05, 0.1) is 6.54 Å². The maximum Gasteiger partial charge on any atom is 0.0598 e. The molecule has 0 amide bonds. The molecule has 82 valence electrons. The van der Waals surface area contributed by atoms with E-state index in [0.29, 0.717) is 0 Å². The highest BCUT2D eigenvalue weighted by atomic mass is 15.1. The van der Waals surface area contributed by atoms with Gasteiger partial charge in [0.25, 0.3) is 0 Å². The molecule has 1 N–H and O–H groups in total. The van der Waals surface area contributed by atoms with Gasteiger partial charge in [-0.15, -0.1) is 6.42 Å². The van der Waals surface area contributed by atoms with E-state index >= 15 is 0 Å². The molecule has 0 saturated carbocycles. The van der Waals surface area contributed by atoms with Gasteiger partial charge in [0.15, 0.2) is 0 Å². The molecule has 0 unspecified atom stereocenters. The molecular weight excluding hydrogens is 172 g/mol. The van der Waals surface area contributed by atoms with Crippen molar-refractivity contribution in [2.24, 2.45) is 0 Å². The van der Waals surface area contributed by atoms with Crippen LogP contribution in [0.2, 0.25) is 0 Å². The summed E-state index contributed by atoms with van der Waals surface area (Å²) in [4.78, 5) is 2.31. The predicted molar refractivity (Wildman–Crippen MR) is 63.3 cm³/mol. The van der Waals surface area contributed by atoms with E-state index in [4.69, 9.17) is 6.42 Å². The number of rotatable bonds is 9. The molecule has 0 aromatic rings. The highest BCUT2D eigenvalue weighted by Crippen LogP contribution is 1.97. The molecule has 0 aliphatic rings. The zero-order chi connectivity index (χ0) is 10.6. The topological polar surface area (TPSA) is 15.3 Å². The lowest BCUT2D eigenvalue weighted by molar-refractivity contribution is 0.314. The summed E-state index contributed by atoms with van der Waals surface area (Å²) < 4.78 is 0. The highest BCUT2D eigenvalue weighted by molar-refractivity contribution is 4.87. The smallest absolute Gasteiger partial charge is 0.0598 e. The average molecular weight is 196 g/mol. The minimum Gasteiger partial charge on any atom is -0.317 e. The van der Waals surface area contributed by atoms with Crippen LogP contribution >= 0.6 is 0 Å². The Morgan fingerprint density at radius 2 is 2.00 bits per heavy atom. The van der Waals surface area contributed by atoms with Crippen molar-refractivity contribution >= 4 is 0 Å². The molecular formula is C12H24N2. The first-order valence-corrected chi connectivity index (χ1v) is 5.71. The molecule has 0 aromatic carbocycles. The second-order valence-electron chi connectivity index (χ2n) is 3.49. The van der Waals surface area contributed by atoms with Crippen molar-refractivity contribution in [2.75, 3.05) is 32.7 Å². The Balaban J connectivity index is 3.21. The van der Waals surface area contributed by atoms with Crippen molar-refractivity contribution < 1.29 is 0 Å². The van der Waals surface area contributed by atoms with E-state index in [9.17, 15) is 0 Å². The standard InChI is InChI=1S/C12H24N2/c1-4-11-14(6-3)12-9-7-8-10-13-5-2/h1,13H,5-12H2,2-3H3. The molecule has 0 fully saturated rings. The zero-order valence-corrected chi connectivity index (χ0v) is 9.68. The lowest BCUT2D eigenvalue weighted by Crippen LogP contribution is -2.25. The van der Waals surface area contributed by atoms with Crippen LogP contribution in [0.5, 0.6) is 0 Å². The SMILES string of the molecule is C#CCN(CC)CCCCCNCC. The fourth-order valence-electron chi connectivity index (χ4n) is 1.42. The van der Waals surface area contributed by atoms with Crippen molar-refractivity contribution in [3.8, 4) is 12.3 Å². The minimum absolute atomic E-state index is 0.795. The van der Waals surface area contributed by atoms with Crippen LogP contribution < -0.4 is 5.32 Å². The number of nitrogens with zero attached hydrogens (tertiary/aromatic N) is 1. The first-order chi connectivity index (χ1) is 6.85. The molecule has 0 rings (SSSR count). The van der Waals surface area contributed by atoms with E-state index in [0.717, 1.165) is 32.7 Å². The summed E-state index contributed by atoms with van der Waals surface area (Å²) in [5.74, 6) is 2.69. The van der Waals surface area contributed by atoms with Gasteiger partial charge in [0, 0.05) is 0 Å². The summed E-state index contributed by atoms with van der Waals surface area (Å²) in [7, 11) is 0. The van der Waals surface area contributed by atoms with Crippen molar-refractivity contribution in [1.29, 1.82) is 0 Å². The third kappa shape index (κ3) is 8.10. The van der Waals surface area contributed by atoms with E-state index in [1.807, 2.05) is 0 Å². The second-order valence-corrected chi connectivity index (χ2v) is 3.49. The maximum absolute atomic E-state index is 5.27. The molecule has 2 nitrogen and oxygen atoms in total. The van der Waals surface area contributed by atoms with Crippen molar-refractivity contribution in [2.45, 2.75) is 33.1 Å². The van der Waals surface area contributed by atoms with E-state index < -0.39 is 0 Å². The molecule has 0 aliphatic carbocycles. The number of terminal acetylenes is 1. The quantitative estimate of drug-likeness (QED) is 0.446. The number of hydrogen-bond acceptors (Lipinski definition) is 2. The van der Waals surface area contributed by atoms with Crippen molar-refractivity contribution in [1.82, 2.24) is 10.2 Å². The van der Waals surface area contributed by atoms with Gasteiger partial charge in [0.1, 0.15) is 0 Å². The van der Waals surface area contributed by atoms with Gasteiger partial charge in [-0.05, 0) is 39.0 Å². The average Bonchev–Trinajstić information content (AvgIpc) is 2.21. The number of unbranched alkanes of at least 4 members (excludes halogenated alkanes) is 2. The van der Waals surface area contributed by atoms with Gasteiger partial charge in [-0.1, -0.05) is 26.2 Å². The summed E-state index contributed by atoms with van der Waals surface area (Å²) in [5.41, 5.74) is 0. The lowest BCUT2D eigenvalue weighted by Gasteiger charge is -2.16. The molecule has 0 heterocycles. The fourth-order valence-corrected chi connectivity index (χ4v) is 1.42. The van der Waals surface area contributed by atoms with Gasteiger partial charge in [-0.2, -0.15) is 0 Å². The molecule has 0 aromatic heterocycles. The van der Waals surface area contributed by atoms with Crippen LogP contribution in [0, 0.1) is 12.3 Å². The summed E-state index contributed by atoms with van der Waals surface area (Å²) in [6.07, 6.45) is 9.12. The molecule has 0 aliphatic heterocycles. The summed E-state index contributed by atoms with van der Waals surface area (Å²) in [6, 6.07) is 0. The monoisotopic (exact) mass is 196 g/mol. The Labute approximate surface area is 89.1 Å². The number of nitrogens with one attached hydrogen (secondary N) is 1. The predicted octanol–water partition coefficient (Wildman–Crippen LogP) is 1.72. The number of hydrogen-bond donors (Lipinski definition) is 1. The molecule has 0 atom stereocenters. The lowest BCUT2D eigenvalue weighted by atomic mass is 10.2. The van der Waals surface area contributed by atoms with Crippen LogP contribution in [0.4, 0.5) is 0 Å². The van der Waals surface area contributed by atoms with Crippen LogP contribution in [0.25, 0.3) is 0 Å². The maximum atomic E-state index is 5.27. The highest BCUT2D eigenvalue weighted by Gasteiger charge is 1.98. The van der Waals surface area contributed by atoms with Gasteiger partial charge in [-0.25, -0.2) is 0 Å². The largest absolute Gasteiger partial charge is 0.317 e. The van der Waals surface area contributed by atoms with Crippen molar-refractivity contribution in [3.05, 3.63) is 0 Å². The van der Waals surface area contributed by atoms with E-state index in [1.54, 1.807) is 0 Å². The Morgan fingerprint density at radius 3 is 2.57 bits per heavy atom.